The van der Waals surface area contributed by atoms with E-state index in [9.17, 15) is 9.59 Å². The average molecular weight is 328 g/mol. The zero-order valence-corrected chi connectivity index (χ0v) is 13.4. The van der Waals surface area contributed by atoms with Crippen molar-refractivity contribution in [2.75, 3.05) is 7.11 Å². The Bertz CT molecular complexity index is 674. The molecule has 1 unspecified atom stereocenters. The van der Waals surface area contributed by atoms with Crippen LogP contribution in [0.5, 0.6) is 5.88 Å². The standard InChI is InChI=1S/C17H20N4O3/c1-24-15-8-7-13(10-19-15)11-20-16(22)14(21-17(18)23)9-12-5-3-2-4-6-12/h2-8,10,14H,9,11H2,1H3,(H,20,22)(H3,18,21,23). The molecule has 1 aromatic heterocycles. The maximum absolute atomic E-state index is 12.4. The molecule has 0 aliphatic heterocycles. The number of carbonyl (C=O) groups is 2. The Morgan fingerprint density at radius 3 is 2.50 bits per heavy atom. The van der Waals surface area contributed by atoms with Gasteiger partial charge in [-0.1, -0.05) is 36.4 Å². The fourth-order valence-corrected chi connectivity index (χ4v) is 2.18. The second-order valence-corrected chi connectivity index (χ2v) is 5.18. The molecule has 0 aliphatic rings. The lowest BCUT2D eigenvalue weighted by Crippen LogP contribution is -2.49. The summed E-state index contributed by atoms with van der Waals surface area (Å²) in [5.41, 5.74) is 6.92. The van der Waals surface area contributed by atoms with Crippen molar-refractivity contribution in [2.45, 2.75) is 19.0 Å². The molecule has 1 atom stereocenters. The van der Waals surface area contributed by atoms with Crippen LogP contribution in [0.4, 0.5) is 4.79 Å². The first-order valence-electron chi connectivity index (χ1n) is 7.45. The molecule has 4 N–H and O–H groups in total. The van der Waals surface area contributed by atoms with E-state index in [-0.39, 0.29) is 5.91 Å². The average Bonchev–Trinajstić information content (AvgIpc) is 2.60. The van der Waals surface area contributed by atoms with Gasteiger partial charge in [-0.15, -0.1) is 0 Å². The van der Waals surface area contributed by atoms with Gasteiger partial charge >= 0.3 is 6.03 Å². The van der Waals surface area contributed by atoms with E-state index in [1.165, 1.54) is 7.11 Å². The van der Waals surface area contributed by atoms with E-state index in [0.717, 1.165) is 11.1 Å². The van der Waals surface area contributed by atoms with Crippen molar-refractivity contribution in [3.05, 3.63) is 59.8 Å². The Balaban J connectivity index is 1.97. The molecular weight excluding hydrogens is 308 g/mol. The van der Waals surface area contributed by atoms with Gasteiger partial charge in [-0.25, -0.2) is 9.78 Å². The highest BCUT2D eigenvalue weighted by Gasteiger charge is 2.20. The number of hydrogen-bond acceptors (Lipinski definition) is 4. The van der Waals surface area contributed by atoms with Crippen molar-refractivity contribution < 1.29 is 14.3 Å². The Hall–Kier alpha value is -3.09. The summed E-state index contributed by atoms with van der Waals surface area (Å²) in [6.07, 6.45) is 1.98. The van der Waals surface area contributed by atoms with Crippen LogP contribution < -0.4 is 21.1 Å². The molecule has 1 heterocycles. The third kappa shape index (κ3) is 5.28. The van der Waals surface area contributed by atoms with Gasteiger partial charge in [0.15, 0.2) is 0 Å². The number of ether oxygens (including phenoxy) is 1. The van der Waals surface area contributed by atoms with E-state index in [1.807, 2.05) is 30.3 Å². The molecule has 7 nitrogen and oxygen atoms in total. The number of hydrogen-bond donors (Lipinski definition) is 3. The molecule has 24 heavy (non-hydrogen) atoms. The fourth-order valence-electron chi connectivity index (χ4n) is 2.18. The second kappa shape index (κ2) is 8.52. The van der Waals surface area contributed by atoms with Gasteiger partial charge in [0, 0.05) is 25.2 Å². The summed E-state index contributed by atoms with van der Waals surface area (Å²) in [5.74, 6) is 0.191. The molecular formula is C17H20N4O3. The fraction of sp³-hybridized carbons (Fsp3) is 0.235. The third-order valence-electron chi connectivity index (χ3n) is 3.39. The summed E-state index contributed by atoms with van der Waals surface area (Å²) < 4.78 is 4.98. The molecule has 0 radical (unpaired) electrons. The number of rotatable bonds is 7. The number of nitrogens with one attached hydrogen (secondary N) is 2. The quantitative estimate of drug-likeness (QED) is 0.704. The van der Waals surface area contributed by atoms with Crippen LogP contribution in [0, 0.1) is 0 Å². The molecule has 0 saturated heterocycles. The lowest BCUT2D eigenvalue weighted by Gasteiger charge is -2.17. The van der Waals surface area contributed by atoms with Crippen molar-refractivity contribution in [1.82, 2.24) is 15.6 Å². The van der Waals surface area contributed by atoms with Crippen LogP contribution in [0.3, 0.4) is 0 Å². The maximum atomic E-state index is 12.4. The number of urea groups is 1. The number of amides is 3. The van der Waals surface area contributed by atoms with Crippen LogP contribution in [0.1, 0.15) is 11.1 Å². The molecule has 7 heteroatoms. The SMILES string of the molecule is COc1ccc(CNC(=O)C(Cc2ccccc2)NC(N)=O)cn1. The Labute approximate surface area is 140 Å². The number of carbonyl (C=O) groups excluding carboxylic acids is 2. The number of benzene rings is 1. The van der Waals surface area contributed by atoms with Gasteiger partial charge in [0.25, 0.3) is 0 Å². The summed E-state index contributed by atoms with van der Waals surface area (Å²) in [7, 11) is 1.54. The number of pyridine rings is 1. The summed E-state index contributed by atoms with van der Waals surface area (Å²) >= 11 is 0. The normalized spacial score (nSPS) is 11.4. The molecule has 126 valence electrons. The Kier molecular flexibility index (Phi) is 6.13. The molecule has 0 spiro atoms. The molecule has 0 saturated carbocycles. The monoisotopic (exact) mass is 328 g/mol. The number of aromatic nitrogens is 1. The first kappa shape index (κ1) is 17.3. The number of nitrogens with zero attached hydrogens (tertiary/aromatic N) is 1. The first-order valence-corrected chi connectivity index (χ1v) is 7.45. The minimum absolute atomic E-state index is 0.293. The zero-order chi connectivity index (χ0) is 17.4. The summed E-state index contributed by atoms with van der Waals surface area (Å²) in [4.78, 5) is 27.6. The summed E-state index contributed by atoms with van der Waals surface area (Å²) in [5, 5.41) is 5.25. The molecule has 2 rings (SSSR count). The first-order chi connectivity index (χ1) is 11.6. The van der Waals surface area contributed by atoms with Crippen molar-refractivity contribution >= 4 is 11.9 Å². The molecule has 0 aliphatic carbocycles. The molecule has 0 bridgehead atoms. The van der Waals surface area contributed by atoms with E-state index in [4.69, 9.17) is 10.5 Å². The predicted molar refractivity (Wildman–Crippen MR) is 89.3 cm³/mol. The van der Waals surface area contributed by atoms with E-state index < -0.39 is 12.1 Å². The summed E-state index contributed by atoms with van der Waals surface area (Å²) in [6.45, 7) is 0.293. The number of methoxy groups -OCH3 is 1. The van der Waals surface area contributed by atoms with Gasteiger partial charge < -0.3 is 21.1 Å². The third-order valence-corrected chi connectivity index (χ3v) is 3.39. The predicted octanol–water partition coefficient (Wildman–Crippen LogP) is 0.986. The highest BCUT2D eigenvalue weighted by atomic mass is 16.5. The Morgan fingerprint density at radius 1 is 1.17 bits per heavy atom. The smallest absolute Gasteiger partial charge is 0.312 e. The number of primary amides is 1. The van der Waals surface area contributed by atoms with Crippen LogP contribution in [0.2, 0.25) is 0 Å². The van der Waals surface area contributed by atoms with Crippen molar-refractivity contribution in [3.8, 4) is 5.88 Å². The minimum Gasteiger partial charge on any atom is -0.481 e. The Morgan fingerprint density at radius 2 is 1.92 bits per heavy atom. The van der Waals surface area contributed by atoms with Crippen LogP contribution in [0.25, 0.3) is 0 Å². The molecule has 3 amide bonds. The van der Waals surface area contributed by atoms with Crippen molar-refractivity contribution in [2.24, 2.45) is 5.73 Å². The topological polar surface area (TPSA) is 106 Å². The second-order valence-electron chi connectivity index (χ2n) is 5.18. The summed E-state index contributed by atoms with van der Waals surface area (Å²) in [6, 6.07) is 11.4. The van der Waals surface area contributed by atoms with Crippen LogP contribution in [0.15, 0.2) is 48.7 Å². The van der Waals surface area contributed by atoms with E-state index in [2.05, 4.69) is 15.6 Å². The molecule has 2 aromatic rings. The van der Waals surface area contributed by atoms with E-state index in [0.29, 0.717) is 18.8 Å². The highest BCUT2D eigenvalue weighted by molar-refractivity contribution is 5.86. The van der Waals surface area contributed by atoms with Gasteiger partial charge in [-0.05, 0) is 11.1 Å². The van der Waals surface area contributed by atoms with Crippen molar-refractivity contribution in [3.63, 3.8) is 0 Å². The van der Waals surface area contributed by atoms with E-state index in [1.54, 1.807) is 18.3 Å². The molecule has 0 fully saturated rings. The minimum atomic E-state index is -0.740. The lowest BCUT2D eigenvalue weighted by molar-refractivity contribution is -0.123. The lowest BCUT2D eigenvalue weighted by atomic mass is 10.1. The van der Waals surface area contributed by atoms with Gasteiger partial charge in [0.05, 0.1) is 7.11 Å². The maximum Gasteiger partial charge on any atom is 0.312 e. The van der Waals surface area contributed by atoms with E-state index >= 15 is 0 Å². The van der Waals surface area contributed by atoms with Gasteiger partial charge in [0.2, 0.25) is 11.8 Å². The van der Waals surface area contributed by atoms with Crippen molar-refractivity contribution in [1.29, 1.82) is 0 Å². The largest absolute Gasteiger partial charge is 0.481 e. The zero-order valence-electron chi connectivity index (χ0n) is 13.4. The highest BCUT2D eigenvalue weighted by Crippen LogP contribution is 2.07. The molecule has 1 aromatic carbocycles. The van der Waals surface area contributed by atoms with Crippen LogP contribution >= 0.6 is 0 Å². The van der Waals surface area contributed by atoms with Gasteiger partial charge in [0.1, 0.15) is 6.04 Å². The van der Waals surface area contributed by atoms with Gasteiger partial charge in [-0.2, -0.15) is 0 Å². The van der Waals surface area contributed by atoms with Gasteiger partial charge in [-0.3, -0.25) is 4.79 Å². The van der Waals surface area contributed by atoms with Crippen LogP contribution in [-0.4, -0.2) is 30.1 Å². The van der Waals surface area contributed by atoms with Crippen LogP contribution in [-0.2, 0) is 17.8 Å². The number of nitrogens with two attached hydrogens (primary N) is 1.